The minimum absolute atomic E-state index is 0.0428. The fraction of sp³-hybridized carbons (Fsp3) is 0.528. The lowest BCUT2D eigenvalue weighted by molar-refractivity contribution is -0.173. The molecule has 3 aromatic rings. The second kappa shape index (κ2) is 16.7. The second-order valence-corrected chi connectivity index (χ2v) is 15.6. The fourth-order valence-electron chi connectivity index (χ4n) is 6.00. The van der Waals surface area contributed by atoms with Gasteiger partial charge in [0.2, 0.25) is 5.60 Å². The highest BCUT2D eigenvalue weighted by Gasteiger charge is 2.62. The molecule has 0 bridgehead atoms. The highest BCUT2D eigenvalue weighted by Crippen LogP contribution is 2.50. The first kappa shape index (κ1) is 39.7. The Morgan fingerprint density at radius 1 is 0.981 bits per heavy atom. The lowest BCUT2D eigenvalue weighted by Gasteiger charge is -2.31. The van der Waals surface area contributed by atoms with E-state index < -0.39 is 74.1 Å². The van der Waals surface area contributed by atoms with Crippen LogP contribution in [0.2, 0.25) is 0 Å². The van der Waals surface area contributed by atoms with Crippen molar-refractivity contribution in [2.75, 3.05) is 12.3 Å². The molecule has 5 N–H and O–H groups in total. The molecule has 6 atom stereocenters. The summed E-state index contributed by atoms with van der Waals surface area (Å²) in [4.78, 5) is 39.6. The van der Waals surface area contributed by atoms with E-state index in [1.807, 2.05) is 6.07 Å². The zero-order valence-electron chi connectivity index (χ0n) is 30.4. The average Bonchev–Trinajstić information content (AvgIpc) is 3.68. The van der Waals surface area contributed by atoms with Gasteiger partial charge in [0.15, 0.2) is 12.2 Å². The molecule has 1 saturated carbocycles. The Kier molecular flexibility index (Phi) is 12.5. The van der Waals surface area contributed by atoms with Crippen molar-refractivity contribution in [2.24, 2.45) is 17.6 Å². The van der Waals surface area contributed by atoms with Crippen molar-refractivity contribution >= 4 is 36.9 Å². The van der Waals surface area contributed by atoms with Crippen LogP contribution in [0.5, 0.6) is 5.75 Å². The van der Waals surface area contributed by atoms with Crippen molar-refractivity contribution in [3.05, 3.63) is 60.4 Å². The predicted octanol–water partition coefficient (Wildman–Crippen LogP) is 4.38. The molecule has 0 amide bonds. The normalized spacial score (nSPS) is 26.1. The number of ether oxygens (including phenoxy) is 4. The van der Waals surface area contributed by atoms with Gasteiger partial charge in [-0.15, -0.1) is 0 Å². The van der Waals surface area contributed by atoms with Gasteiger partial charge in [0, 0.05) is 12.2 Å². The number of hydrogen-bond donors (Lipinski definition) is 3. The van der Waals surface area contributed by atoms with Crippen LogP contribution >= 0.6 is 7.75 Å². The van der Waals surface area contributed by atoms with E-state index in [2.05, 4.69) is 10.2 Å². The van der Waals surface area contributed by atoms with Crippen LogP contribution in [0.3, 0.4) is 0 Å². The number of aromatic nitrogens is 2. The Labute approximate surface area is 307 Å². The summed E-state index contributed by atoms with van der Waals surface area (Å²) in [5.41, 5.74) is 11.2. The topological polar surface area (TPSA) is 229 Å². The van der Waals surface area contributed by atoms with E-state index in [0.29, 0.717) is 42.6 Å². The zero-order chi connectivity index (χ0) is 38.5. The van der Waals surface area contributed by atoms with Crippen LogP contribution in [0.1, 0.15) is 72.1 Å². The number of hydrogen-bond acceptors (Lipinski definition) is 14. The smallest absolute Gasteiger partial charge is 0.459 e. The molecule has 16 nitrogen and oxygen atoms in total. The van der Waals surface area contributed by atoms with E-state index >= 15 is 0 Å². The summed E-state index contributed by atoms with van der Waals surface area (Å²) in [5.74, 6) is -3.24. The maximum atomic E-state index is 14.6. The molecule has 53 heavy (non-hydrogen) atoms. The molecule has 0 radical (unpaired) electrons. The molecule has 1 unspecified atom stereocenters. The number of nitrogens with zero attached hydrogens (tertiary/aromatic N) is 3. The van der Waals surface area contributed by atoms with Gasteiger partial charge in [0.1, 0.15) is 36.7 Å². The summed E-state index contributed by atoms with van der Waals surface area (Å²) in [5, 5.41) is 17.9. The molecule has 2 aromatic heterocycles. The van der Waals surface area contributed by atoms with Crippen LogP contribution in [0, 0.1) is 23.2 Å². The molecule has 2 fully saturated rings. The third-order valence-electron chi connectivity index (χ3n) is 9.05. The Morgan fingerprint density at radius 3 is 2.28 bits per heavy atom. The molecule has 1 saturated heterocycles. The molecule has 1 aromatic carbocycles. The van der Waals surface area contributed by atoms with Gasteiger partial charge in [-0.3, -0.25) is 18.9 Å². The summed E-state index contributed by atoms with van der Waals surface area (Å²) < 4.78 is 51.8. The number of carbonyl (C=O) groups is 3. The van der Waals surface area contributed by atoms with Crippen LogP contribution in [0.25, 0.3) is 5.52 Å². The third-order valence-corrected chi connectivity index (χ3v) is 10.7. The van der Waals surface area contributed by atoms with Crippen molar-refractivity contribution in [1.29, 1.82) is 5.26 Å². The molecule has 0 spiro atoms. The maximum Gasteiger partial charge on any atom is 0.459 e. The van der Waals surface area contributed by atoms with Gasteiger partial charge in [0.25, 0.3) is 0 Å². The highest BCUT2D eigenvalue weighted by molar-refractivity contribution is 7.52. The van der Waals surface area contributed by atoms with Crippen molar-refractivity contribution in [2.45, 2.75) is 102 Å². The number of esters is 3. The zero-order valence-corrected chi connectivity index (χ0v) is 31.3. The number of rotatable bonds is 14. The summed E-state index contributed by atoms with van der Waals surface area (Å²) >= 11 is 0. The van der Waals surface area contributed by atoms with Crippen LogP contribution < -0.4 is 21.1 Å². The molecular formula is C36H47N6O10P. The fourth-order valence-corrected chi connectivity index (χ4v) is 7.52. The van der Waals surface area contributed by atoms with Crippen LogP contribution in [0.15, 0.2) is 54.7 Å². The first-order chi connectivity index (χ1) is 25.1. The number of nitrogens with two attached hydrogens (primary N) is 2. The number of nitrogen functional groups attached to an aromatic ring is 1. The number of fused-ring (bicyclic) bond motifs is 1. The van der Waals surface area contributed by atoms with Gasteiger partial charge < -0.3 is 34.9 Å². The van der Waals surface area contributed by atoms with Gasteiger partial charge >= 0.3 is 25.7 Å². The Hall–Kier alpha value is -4.52. The van der Waals surface area contributed by atoms with Crippen LogP contribution in [-0.2, 0) is 42.4 Å². The van der Waals surface area contributed by atoms with Crippen molar-refractivity contribution in [3.63, 3.8) is 0 Å². The first-order valence-corrected chi connectivity index (χ1v) is 19.1. The summed E-state index contributed by atoms with van der Waals surface area (Å²) in [7, 11) is -4.58. The molecule has 1 aliphatic heterocycles. The van der Waals surface area contributed by atoms with Crippen molar-refractivity contribution in [1.82, 2.24) is 14.7 Å². The number of anilines is 1. The first-order valence-electron chi connectivity index (χ1n) is 17.6. The number of nitrogens with one attached hydrogen (secondary N) is 1. The largest absolute Gasteiger partial charge is 0.461 e. The number of para-hydroxylation sites is 1. The molecule has 5 rings (SSSR count). The monoisotopic (exact) mass is 754 g/mol. The van der Waals surface area contributed by atoms with E-state index in [-0.39, 0.29) is 17.9 Å². The van der Waals surface area contributed by atoms with E-state index in [0.717, 1.165) is 0 Å². The molecule has 17 heteroatoms. The van der Waals surface area contributed by atoms with Crippen molar-refractivity contribution in [3.8, 4) is 11.8 Å². The molecule has 1 aliphatic carbocycles. The lowest BCUT2D eigenvalue weighted by atomic mass is 9.94. The minimum atomic E-state index is -4.58. The maximum absolute atomic E-state index is 14.6. The summed E-state index contributed by atoms with van der Waals surface area (Å²) in [6.07, 6.45) is -0.574. The summed E-state index contributed by atoms with van der Waals surface area (Å²) in [6.45, 7) is 7.03. The number of nitriles is 1. The van der Waals surface area contributed by atoms with Crippen molar-refractivity contribution < 1.29 is 46.9 Å². The average molecular weight is 755 g/mol. The number of benzene rings is 1. The van der Waals surface area contributed by atoms with Crippen LogP contribution in [0.4, 0.5) is 5.69 Å². The standard InChI is InChI=1S/C36H47N6O10P/c1-21(2)33(43)49-31-30(29-16-15-28-27(39)17-18-40-42(28)29)51-36(19-37,32(31)50-34(44)22(3)4)20-47-53(46,52-26-9-7-6-8-10-26)41-23(5)35(45)48-25-13-11-24(38)12-14-25/h6-10,15-18,21-25,30-32H,11-14,20,38-39H2,1-5H3,(H,41,46)/t23-,24?,25?,30-,31-,32-,36+,53?/m0/s1. The second-order valence-electron chi connectivity index (χ2n) is 13.9. The van der Waals surface area contributed by atoms with Gasteiger partial charge in [-0.05, 0) is 62.9 Å². The minimum Gasteiger partial charge on any atom is -0.461 e. The predicted molar refractivity (Wildman–Crippen MR) is 191 cm³/mol. The molecular weight excluding hydrogens is 707 g/mol. The molecule has 286 valence electrons. The Morgan fingerprint density at radius 2 is 1.64 bits per heavy atom. The lowest BCUT2D eigenvalue weighted by Crippen LogP contribution is -2.50. The van der Waals surface area contributed by atoms with Crippen LogP contribution in [-0.4, -0.2) is 70.1 Å². The quantitative estimate of drug-likeness (QED) is 0.118. The van der Waals surface area contributed by atoms with Gasteiger partial charge in [-0.25, -0.2) is 9.08 Å². The molecule has 2 aliphatic rings. The van der Waals surface area contributed by atoms with E-state index in [1.165, 1.54) is 29.8 Å². The Bertz CT molecular complexity index is 1860. The Balaban J connectivity index is 1.51. The van der Waals surface area contributed by atoms with E-state index in [4.69, 9.17) is 39.5 Å². The van der Waals surface area contributed by atoms with Gasteiger partial charge in [-0.1, -0.05) is 45.9 Å². The highest BCUT2D eigenvalue weighted by atomic mass is 31.2. The van der Waals surface area contributed by atoms with E-state index in [1.54, 1.807) is 64.1 Å². The van der Waals surface area contributed by atoms with Gasteiger partial charge in [-0.2, -0.15) is 15.4 Å². The van der Waals surface area contributed by atoms with Gasteiger partial charge in [0.05, 0.1) is 28.7 Å². The van der Waals surface area contributed by atoms with E-state index in [9.17, 15) is 24.2 Å². The molecule has 3 heterocycles. The number of carbonyl (C=O) groups excluding carboxylic acids is 3. The SMILES string of the molecule is CC(C)C(=O)O[C@H]1[C@H](c2ccc3c(N)ccnn23)O[C@](C#N)(COP(=O)(N[C@@H](C)C(=O)OC2CCC(N)CC2)Oc2ccccc2)[C@H]1OC(=O)C(C)C. The summed E-state index contributed by atoms with van der Waals surface area (Å²) in [6, 6.07) is 13.9. The third kappa shape index (κ3) is 9.17.